The Balaban J connectivity index is 1.46. The van der Waals surface area contributed by atoms with E-state index in [1.807, 2.05) is 43.3 Å². The van der Waals surface area contributed by atoms with Gasteiger partial charge in [-0.1, -0.05) is 18.2 Å². The van der Waals surface area contributed by atoms with E-state index in [0.29, 0.717) is 27.6 Å². The van der Waals surface area contributed by atoms with E-state index in [2.05, 4.69) is 21.5 Å². The summed E-state index contributed by atoms with van der Waals surface area (Å²) in [6.07, 6.45) is 4.52. The second kappa shape index (κ2) is 6.83. The Morgan fingerprint density at radius 3 is 2.97 bits per heavy atom. The SMILES string of the molecule is Cc1c(C(=O)Nc2sc3c(c2C#N)CCC3)cnn1-c1ccc2ccccc2n1. The molecule has 1 aromatic carbocycles. The number of para-hydroxylation sites is 1. The van der Waals surface area contributed by atoms with Crippen molar-refractivity contribution in [2.24, 2.45) is 0 Å². The summed E-state index contributed by atoms with van der Waals surface area (Å²) in [7, 11) is 0. The number of thiophene rings is 1. The number of nitrogens with one attached hydrogen (secondary N) is 1. The quantitative estimate of drug-likeness (QED) is 0.553. The lowest BCUT2D eigenvalue weighted by atomic mass is 10.1. The average Bonchev–Trinajstić information content (AvgIpc) is 3.42. The Hall–Kier alpha value is -3.50. The number of pyridine rings is 1. The maximum absolute atomic E-state index is 12.9. The predicted octanol–water partition coefficient (Wildman–Crippen LogP) is 4.40. The molecule has 29 heavy (non-hydrogen) atoms. The summed E-state index contributed by atoms with van der Waals surface area (Å²) in [6, 6.07) is 14.0. The van der Waals surface area contributed by atoms with Crippen LogP contribution in [0.4, 0.5) is 5.00 Å². The van der Waals surface area contributed by atoms with Gasteiger partial charge in [0.05, 0.1) is 28.5 Å². The Morgan fingerprint density at radius 1 is 1.24 bits per heavy atom. The van der Waals surface area contributed by atoms with Crippen LogP contribution in [0, 0.1) is 18.3 Å². The van der Waals surface area contributed by atoms with Crippen molar-refractivity contribution in [3.63, 3.8) is 0 Å². The molecule has 1 aliphatic rings. The van der Waals surface area contributed by atoms with Crippen LogP contribution < -0.4 is 5.32 Å². The van der Waals surface area contributed by atoms with Crippen LogP contribution in [-0.2, 0) is 12.8 Å². The third-order valence-corrected chi connectivity index (χ3v) is 6.52. The van der Waals surface area contributed by atoms with Crippen LogP contribution in [0.1, 0.15) is 38.5 Å². The van der Waals surface area contributed by atoms with Crippen LogP contribution in [-0.4, -0.2) is 20.7 Å². The number of nitriles is 1. The molecule has 7 heteroatoms. The molecule has 0 atom stereocenters. The van der Waals surface area contributed by atoms with Crippen molar-refractivity contribution in [1.82, 2.24) is 14.8 Å². The first-order valence-corrected chi connectivity index (χ1v) is 10.2. The second-order valence-corrected chi connectivity index (χ2v) is 8.15. The van der Waals surface area contributed by atoms with Crippen molar-refractivity contribution in [2.75, 3.05) is 5.32 Å². The lowest BCUT2D eigenvalue weighted by Gasteiger charge is -2.07. The number of amides is 1. The third kappa shape index (κ3) is 2.89. The molecular weight excluding hydrogens is 382 g/mol. The predicted molar refractivity (Wildman–Crippen MR) is 113 cm³/mol. The van der Waals surface area contributed by atoms with Gasteiger partial charge in [-0.3, -0.25) is 4.79 Å². The molecule has 1 N–H and O–H groups in total. The summed E-state index contributed by atoms with van der Waals surface area (Å²) >= 11 is 1.51. The Kier molecular flexibility index (Phi) is 4.14. The summed E-state index contributed by atoms with van der Waals surface area (Å²) in [6.45, 7) is 1.85. The number of aromatic nitrogens is 3. The van der Waals surface area contributed by atoms with Crippen LogP contribution in [0.2, 0.25) is 0 Å². The highest BCUT2D eigenvalue weighted by atomic mass is 32.1. The lowest BCUT2D eigenvalue weighted by molar-refractivity contribution is 0.102. The first kappa shape index (κ1) is 17.6. The molecular formula is C22H17N5OS. The van der Waals surface area contributed by atoms with Gasteiger partial charge in [0.15, 0.2) is 5.82 Å². The lowest BCUT2D eigenvalue weighted by Crippen LogP contribution is -2.13. The summed E-state index contributed by atoms with van der Waals surface area (Å²) in [4.78, 5) is 18.8. The maximum Gasteiger partial charge on any atom is 0.259 e. The monoisotopic (exact) mass is 399 g/mol. The normalized spacial score (nSPS) is 12.7. The topological polar surface area (TPSA) is 83.6 Å². The number of anilines is 1. The van der Waals surface area contributed by atoms with Crippen LogP contribution in [0.25, 0.3) is 16.7 Å². The Labute approximate surface area is 171 Å². The van der Waals surface area contributed by atoms with Crippen molar-refractivity contribution in [2.45, 2.75) is 26.2 Å². The smallest absolute Gasteiger partial charge is 0.259 e. The van der Waals surface area contributed by atoms with Gasteiger partial charge in [0.25, 0.3) is 5.91 Å². The fourth-order valence-corrected chi connectivity index (χ4v) is 5.05. The molecule has 0 spiro atoms. The zero-order chi connectivity index (χ0) is 20.0. The average molecular weight is 399 g/mol. The van der Waals surface area contributed by atoms with Gasteiger partial charge < -0.3 is 5.32 Å². The molecule has 0 aliphatic heterocycles. The van der Waals surface area contributed by atoms with Crippen LogP contribution >= 0.6 is 11.3 Å². The molecule has 5 rings (SSSR count). The summed E-state index contributed by atoms with van der Waals surface area (Å²) in [5, 5.41) is 18.5. The Bertz CT molecular complexity index is 1310. The number of hydrogen-bond donors (Lipinski definition) is 1. The van der Waals surface area contributed by atoms with Crippen LogP contribution in [0.5, 0.6) is 0 Å². The highest BCUT2D eigenvalue weighted by Crippen LogP contribution is 2.38. The molecule has 3 aromatic heterocycles. The van der Waals surface area contributed by atoms with Crippen molar-refractivity contribution in [3.05, 3.63) is 69.9 Å². The van der Waals surface area contributed by atoms with Crippen molar-refractivity contribution in [1.29, 1.82) is 5.26 Å². The molecule has 6 nitrogen and oxygen atoms in total. The van der Waals surface area contributed by atoms with Gasteiger partial charge in [0, 0.05) is 10.3 Å². The number of carbonyl (C=O) groups excluding carboxylic acids is 1. The number of nitrogens with zero attached hydrogens (tertiary/aromatic N) is 4. The molecule has 1 aliphatic carbocycles. The number of hydrogen-bond acceptors (Lipinski definition) is 5. The van der Waals surface area contributed by atoms with Gasteiger partial charge in [0.2, 0.25) is 0 Å². The van der Waals surface area contributed by atoms with Gasteiger partial charge in [-0.25, -0.2) is 9.67 Å². The van der Waals surface area contributed by atoms with E-state index >= 15 is 0 Å². The van der Waals surface area contributed by atoms with Gasteiger partial charge in [-0.15, -0.1) is 11.3 Å². The van der Waals surface area contributed by atoms with Crippen molar-refractivity contribution < 1.29 is 4.79 Å². The molecule has 0 saturated carbocycles. The van der Waals surface area contributed by atoms with E-state index < -0.39 is 0 Å². The van der Waals surface area contributed by atoms with E-state index in [4.69, 9.17) is 0 Å². The number of rotatable bonds is 3. The zero-order valence-corrected chi connectivity index (χ0v) is 16.6. The standard InChI is InChI=1S/C22H17N5OS/c1-13-17(21(28)26-22-16(11-23)15-6-4-8-19(15)29-22)12-24-27(13)20-10-9-14-5-2-3-7-18(14)25-20/h2-3,5,7,9-10,12H,4,6,8H2,1H3,(H,26,28). The first-order chi connectivity index (χ1) is 14.2. The number of benzene rings is 1. The Morgan fingerprint density at radius 2 is 2.10 bits per heavy atom. The van der Waals surface area contributed by atoms with Crippen molar-refractivity contribution >= 4 is 33.1 Å². The molecule has 0 saturated heterocycles. The third-order valence-electron chi connectivity index (χ3n) is 5.32. The molecule has 0 bridgehead atoms. The zero-order valence-electron chi connectivity index (χ0n) is 15.8. The molecule has 0 fully saturated rings. The number of fused-ring (bicyclic) bond motifs is 2. The highest BCUT2D eigenvalue weighted by molar-refractivity contribution is 7.16. The van der Waals surface area contributed by atoms with Gasteiger partial charge in [0.1, 0.15) is 11.1 Å². The molecule has 0 radical (unpaired) electrons. The van der Waals surface area contributed by atoms with E-state index in [1.165, 1.54) is 16.2 Å². The van der Waals surface area contributed by atoms with Gasteiger partial charge in [-0.2, -0.15) is 10.4 Å². The maximum atomic E-state index is 12.9. The summed E-state index contributed by atoms with van der Waals surface area (Å²) in [5.41, 5.74) is 3.75. The van der Waals surface area contributed by atoms with E-state index in [9.17, 15) is 10.1 Å². The first-order valence-electron chi connectivity index (χ1n) is 9.42. The summed E-state index contributed by atoms with van der Waals surface area (Å²) < 4.78 is 1.67. The van der Waals surface area contributed by atoms with E-state index in [0.717, 1.165) is 35.7 Å². The fourth-order valence-electron chi connectivity index (χ4n) is 3.82. The molecule has 142 valence electrons. The molecule has 4 aromatic rings. The minimum Gasteiger partial charge on any atom is -0.312 e. The summed E-state index contributed by atoms with van der Waals surface area (Å²) in [5.74, 6) is 0.402. The number of aryl methyl sites for hydroxylation is 1. The molecule has 1 amide bonds. The van der Waals surface area contributed by atoms with Gasteiger partial charge >= 0.3 is 0 Å². The van der Waals surface area contributed by atoms with E-state index in [-0.39, 0.29) is 5.91 Å². The molecule has 0 unspecified atom stereocenters. The fraction of sp³-hybridized carbons (Fsp3) is 0.182. The molecule has 3 heterocycles. The largest absolute Gasteiger partial charge is 0.312 e. The minimum atomic E-state index is -0.258. The van der Waals surface area contributed by atoms with Crippen LogP contribution in [0.3, 0.4) is 0 Å². The van der Waals surface area contributed by atoms with Crippen LogP contribution in [0.15, 0.2) is 42.6 Å². The van der Waals surface area contributed by atoms with E-state index in [1.54, 1.807) is 10.9 Å². The number of carbonyl (C=O) groups is 1. The van der Waals surface area contributed by atoms with Crippen molar-refractivity contribution in [3.8, 4) is 11.9 Å². The van der Waals surface area contributed by atoms with Gasteiger partial charge in [-0.05, 0) is 49.9 Å². The second-order valence-electron chi connectivity index (χ2n) is 7.05. The minimum absolute atomic E-state index is 0.258. The highest BCUT2D eigenvalue weighted by Gasteiger charge is 2.24.